The van der Waals surface area contributed by atoms with E-state index in [9.17, 15) is 9.59 Å². The summed E-state index contributed by atoms with van der Waals surface area (Å²) < 4.78 is 5.53. The molecule has 1 amide bonds. The number of carbonyl (C=O) groups excluding carboxylic acids is 2. The van der Waals surface area contributed by atoms with Crippen molar-refractivity contribution in [3.8, 4) is 0 Å². The van der Waals surface area contributed by atoms with E-state index in [1.807, 2.05) is 67.6 Å². The molecule has 30 heavy (non-hydrogen) atoms. The number of thioether (sulfide) groups is 1. The van der Waals surface area contributed by atoms with Gasteiger partial charge in [0.15, 0.2) is 5.17 Å². The second-order valence-corrected chi connectivity index (χ2v) is 9.51. The van der Waals surface area contributed by atoms with Gasteiger partial charge in [-0.3, -0.25) is 4.79 Å². The van der Waals surface area contributed by atoms with Gasteiger partial charge < -0.3 is 19.9 Å². The SMILES string of the molecule is CC1=C(C(=O)OC(C)C)C(c2cccs2)N2C(CC(=O)NCCN(C)C)=CSC2=N1. The average Bonchev–Trinajstić information content (AvgIpc) is 3.30. The minimum Gasteiger partial charge on any atom is -0.459 e. The van der Waals surface area contributed by atoms with Gasteiger partial charge in [-0.15, -0.1) is 11.3 Å². The molecule has 2 aliphatic heterocycles. The molecule has 9 heteroatoms. The molecule has 1 aromatic rings. The Morgan fingerprint density at radius 2 is 2.13 bits per heavy atom. The highest BCUT2D eigenvalue weighted by Gasteiger charge is 2.41. The fraction of sp³-hybridized carbons (Fsp3) is 0.476. The summed E-state index contributed by atoms with van der Waals surface area (Å²) in [6.07, 6.45) is 0.00461. The Balaban J connectivity index is 1.86. The number of aliphatic imine (C=N–C) groups is 1. The third-order valence-electron chi connectivity index (χ3n) is 4.60. The van der Waals surface area contributed by atoms with Gasteiger partial charge in [0.1, 0.15) is 6.04 Å². The van der Waals surface area contributed by atoms with Crippen molar-refractivity contribution in [2.45, 2.75) is 39.3 Å². The number of amides is 1. The van der Waals surface area contributed by atoms with Crippen molar-refractivity contribution in [2.75, 3.05) is 27.2 Å². The zero-order valence-corrected chi connectivity index (χ0v) is 19.6. The van der Waals surface area contributed by atoms with E-state index in [0.29, 0.717) is 17.8 Å². The van der Waals surface area contributed by atoms with Gasteiger partial charge >= 0.3 is 5.97 Å². The summed E-state index contributed by atoms with van der Waals surface area (Å²) in [5, 5.41) is 7.68. The van der Waals surface area contributed by atoms with Crippen LogP contribution < -0.4 is 5.32 Å². The van der Waals surface area contributed by atoms with Gasteiger partial charge in [-0.2, -0.15) is 0 Å². The van der Waals surface area contributed by atoms with Crippen LogP contribution in [0.4, 0.5) is 0 Å². The molecule has 162 valence electrons. The number of ether oxygens (including phenoxy) is 1. The molecule has 0 spiro atoms. The lowest BCUT2D eigenvalue weighted by Crippen LogP contribution is -2.38. The van der Waals surface area contributed by atoms with Crippen LogP contribution in [-0.4, -0.2) is 60.1 Å². The maximum absolute atomic E-state index is 13.0. The zero-order chi connectivity index (χ0) is 21.8. The molecule has 0 aromatic carbocycles. The zero-order valence-electron chi connectivity index (χ0n) is 18.0. The second-order valence-electron chi connectivity index (χ2n) is 7.69. The van der Waals surface area contributed by atoms with Crippen molar-refractivity contribution in [3.05, 3.63) is 44.8 Å². The Hall–Kier alpha value is -2.10. The fourth-order valence-electron chi connectivity index (χ4n) is 3.27. The van der Waals surface area contributed by atoms with Gasteiger partial charge in [0.05, 0.1) is 23.8 Å². The third-order valence-corrected chi connectivity index (χ3v) is 6.41. The Bertz CT molecular complexity index is 888. The molecule has 7 nitrogen and oxygen atoms in total. The number of hydrogen-bond donors (Lipinski definition) is 1. The number of fused-ring (bicyclic) bond motifs is 1. The Morgan fingerprint density at radius 3 is 2.77 bits per heavy atom. The van der Waals surface area contributed by atoms with E-state index in [-0.39, 0.29) is 30.4 Å². The van der Waals surface area contributed by atoms with E-state index in [4.69, 9.17) is 4.74 Å². The molecule has 0 aliphatic carbocycles. The molecule has 1 atom stereocenters. The summed E-state index contributed by atoms with van der Waals surface area (Å²) in [6.45, 7) is 6.88. The number of likely N-dealkylation sites (N-methyl/N-ethyl adjacent to an activating group) is 1. The number of nitrogens with one attached hydrogen (secondary N) is 1. The van der Waals surface area contributed by atoms with E-state index in [0.717, 1.165) is 22.3 Å². The van der Waals surface area contributed by atoms with Crippen LogP contribution in [0.15, 0.2) is 44.9 Å². The molecular formula is C21H28N4O3S2. The number of thiophene rings is 1. The molecule has 0 saturated carbocycles. The van der Waals surface area contributed by atoms with Crippen molar-refractivity contribution in [2.24, 2.45) is 4.99 Å². The molecule has 2 aliphatic rings. The maximum Gasteiger partial charge on any atom is 0.338 e. The highest BCUT2D eigenvalue weighted by molar-refractivity contribution is 8.16. The molecule has 1 aromatic heterocycles. The minimum absolute atomic E-state index is 0.0486. The summed E-state index contributed by atoms with van der Waals surface area (Å²) in [4.78, 5) is 35.2. The van der Waals surface area contributed by atoms with Crippen LogP contribution in [0.3, 0.4) is 0 Å². The second kappa shape index (κ2) is 9.80. The normalized spacial score (nSPS) is 18.5. The van der Waals surface area contributed by atoms with Crippen LogP contribution >= 0.6 is 23.1 Å². The van der Waals surface area contributed by atoms with Gasteiger partial charge in [0.25, 0.3) is 0 Å². The van der Waals surface area contributed by atoms with Crippen molar-refractivity contribution in [3.63, 3.8) is 0 Å². The summed E-state index contributed by atoms with van der Waals surface area (Å²) in [5.41, 5.74) is 2.01. The number of esters is 1. The Morgan fingerprint density at radius 1 is 1.37 bits per heavy atom. The van der Waals surface area contributed by atoms with E-state index < -0.39 is 0 Å². The lowest BCUT2D eigenvalue weighted by atomic mass is 9.99. The monoisotopic (exact) mass is 448 g/mol. The first-order chi connectivity index (χ1) is 14.3. The van der Waals surface area contributed by atoms with Gasteiger partial charge in [0.2, 0.25) is 5.91 Å². The van der Waals surface area contributed by atoms with Gasteiger partial charge in [-0.25, -0.2) is 9.79 Å². The molecule has 3 heterocycles. The number of carbonyl (C=O) groups is 2. The lowest BCUT2D eigenvalue weighted by Gasteiger charge is -2.35. The van der Waals surface area contributed by atoms with Crippen LogP contribution in [0.25, 0.3) is 0 Å². The van der Waals surface area contributed by atoms with Crippen LogP contribution in [0.5, 0.6) is 0 Å². The van der Waals surface area contributed by atoms with Crippen molar-refractivity contribution >= 4 is 40.1 Å². The summed E-state index contributed by atoms with van der Waals surface area (Å²) in [7, 11) is 3.94. The van der Waals surface area contributed by atoms with Crippen LogP contribution in [-0.2, 0) is 14.3 Å². The molecule has 0 saturated heterocycles. The van der Waals surface area contributed by atoms with Crippen molar-refractivity contribution in [1.29, 1.82) is 0 Å². The van der Waals surface area contributed by atoms with Crippen LogP contribution in [0, 0.1) is 0 Å². The Kier molecular flexibility index (Phi) is 7.38. The van der Waals surface area contributed by atoms with Crippen LogP contribution in [0.2, 0.25) is 0 Å². The first kappa shape index (κ1) is 22.6. The standard InChI is InChI=1S/C21H28N4O3S2/c1-13(2)28-20(27)18-14(3)23-21-25(19(18)16-7-6-10-29-16)15(12-30-21)11-17(26)22-8-9-24(4)5/h6-7,10,12-13,19H,8-9,11H2,1-5H3,(H,22,26). The summed E-state index contributed by atoms with van der Waals surface area (Å²) >= 11 is 3.06. The molecule has 1 N–H and O–H groups in total. The number of hydrogen-bond acceptors (Lipinski definition) is 8. The molecule has 0 radical (unpaired) electrons. The predicted molar refractivity (Wildman–Crippen MR) is 122 cm³/mol. The van der Waals surface area contributed by atoms with Gasteiger partial charge in [-0.05, 0) is 51.7 Å². The average molecular weight is 449 g/mol. The third kappa shape index (κ3) is 5.14. The number of rotatable bonds is 8. The largest absolute Gasteiger partial charge is 0.459 e. The maximum atomic E-state index is 13.0. The number of allylic oxidation sites excluding steroid dienone is 1. The smallest absolute Gasteiger partial charge is 0.338 e. The van der Waals surface area contributed by atoms with E-state index in [1.54, 1.807) is 11.3 Å². The summed E-state index contributed by atoms with van der Waals surface area (Å²) in [6, 6.07) is 3.62. The van der Waals surface area contributed by atoms with Gasteiger partial charge in [-0.1, -0.05) is 17.8 Å². The molecule has 0 bridgehead atoms. The quantitative estimate of drug-likeness (QED) is 0.615. The number of nitrogens with zero attached hydrogens (tertiary/aromatic N) is 3. The van der Waals surface area contributed by atoms with Gasteiger partial charge in [0, 0.05) is 23.7 Å². The Labute approximate surface area is 185 Å². The minimum atomic E-state index is -0.365. The van der Waals surface area contributed by atoms with Crippen molar-refractivity contribution in [1.82, 2.24) is 15.1 Å². The van der Waals surface area contributed by atoms with Crippen LogP contribution in [0.1, 0.15) is 38.1 Å². The molecular weight excluding hydrogens is 420 g/mol. The first-order valence-electron chi connectivity index (χ1n) is 9.88. The van der Waals surface area contributed by atoms with E-state index in [2.05, 4.69) is 10.3 Å². The fourth-order valence-corrected chi connectivity index (χ4v) is 5.06. The summed E-state index contributed by atoms with van der Waals surface area (Å²) in [5.74, 6) is -0.414. The first-order valence-corrected chi connectivity index (χ1v) is 11.6. The molecule has 1 unspecified atom stereocenters. The van der Waals surface area contributed by atoms with E-state index in [1.165, 1.54) is 11.8 Å². The highest BCUT2D eigenvalue weighted by atomic mass is 32.2. The molecule has 3 rings (SSSR count). The molecule has 0 fully saturated rings. The lowest BCUT2D eigenvalue weighted by molar-refractivity contribution is -0.143. The highest BCUT2D eigenvalue weighted by Crippen LogP contribution is 2.45. The predicted octanol–water partition coefficient (Wildman–Crippen LogP) is 3.34. The topological polar surface area (TPSA) is 74.2 Å². The number of amidine groups is 1. The van der Waals surface area contributed by atoms with Crippen molar-refractivity contribution < 1.29 is 14.3 Å². The van der Waals surface area contributed by atoms with E-state index >= 15 is 0 Å².